The van der Waals surface area contributed by atoms with Gasteiger partial charge < -0.3 is 18.9 Å². The fourth-order valence-corrected chi connectivity index (χ4v) is 2.99. The summed E-state index contributed by atoms with van der Waals surface area (Å²) in [5, 5.41) is 0. The molecule has 4 heterocycles. The Morgan fingerprint density at radius 3 is 2.52 bits per heavy atom. The molecule has 2 aromatic rings. The smallest absolute Gasteiger partial charge is 0.332 e. The van der Waals surface area contributed by atoms with Gasteiger partial charge in [-0.05, 0) is 0 Å². The molecule has 2 saturated heterocycles. The number of hydrogen-bond acceptors (Lipinski definition) is 6. The molecule has 0 N–H and O–H groups in total. The Kier molecular flexibility index (Phi) is 3.27. The molecule has 124 valence electrons. The van der Waals surface area contributed by atoms with Crippen LogP contribution in [0.1, 0.15) is 0 Å². The van der Waals surface area contributed by atoms with Crippen LogP contribution in [0.2, 0.25) is 0 Å². The maximum absolute atomic E-state index is 12.6. The van der Waals surface area contributed by atoms with E-state index in [-0.39, 0.29) is 17.4 Å². The Balaban J connectivity index is 1.97. The molecule has 1 atom stereocenters. The predicted octanol–water partition coefficient (Wildman–Crippen LogP) is -1.33. The zero-order valence-corrected chi connectivity index (χ0v) is 13.2. The highest BCUT2D eigenvalue weighted by Crippen LogP contribution is 2.24. The molecule has 0 bridgehead atoms. The molecule has 4 rings (SSSR count). The lowest BCUT2D eigenvalue weighted by Crippen LogP contribution is -2.39. The van der Waals surface area contributed by atoms with Gasteiger partial charge in [-0.2, -0.15) is 4.98 Å². The lowest BCUT2D eigenvalue weighted by atomic mass is 10.4. The van der Waals surface area contributed by atoms with E-state index in [0.29, 0.717) is 56.6 Å². The molecular formula is C14H19N5O4. The van der Waals surface area contributed by atoms with Crippen molar-refractivity contribution in [3.05, 3.63) is 20.8 Å². The summed E-state index contributed by atoms with van der Waals surface area (Å²) < 4.78 is 15.2. The standard InChI is InChI=1S/C14H19N5O4/c1-16-11-10(12(20)17(2)14(16)21)19(7-9-8-23-9)13(15-11)18-3-5-22-6-4-18/h9H,3-8H2,1-2H3/t9-/m1/s1. The van der Waals surface area contributed by atoms with Crippen molar-refractivity contribution in [3.63, 3.8) is 0 Å². The first-order valence-electron chi connectivity index (χ1n) is 7.68. The first-order chi connectivity index (χ1) is 11.1. The molecule has 9 heteroatoms. The fraction of sp³-hybridized carbons (Fsp3) is 0.643. The van der Waals surface area contributed by atoms with E-state index in [0.717, 1.165) is 4.57 Å². The molecule has 0 unspecified atom stereocenters. The van der Waals surface area contributed by atoms with Crippen LogP contribution in [-0.2, 0) is 30.1 Å². The number of rotatable bonds is 3. The second kappa shape index (κ2) is 5.20. The van der Waals surface area contributed by atoms with Gasteiger partial charge in [0, 0.05) is 27.2 Å². The van der Waals surface area contributed by atoms with Crippen LogP contribution in [0.3, 0.4) is 0 Å². The van der Waals surface area contributed by atoms with Crippen molar-refractivity contribution < 1.29 is 9.47 Å². The van der Waals surface area contributed by atoms with Gasteiger partial charge in [-0.25, -0.2) is 4.79 Å². The Labute approximate surface area is 131 Å². The number of aryl methyl sites for hydroxylation is 1. The summed E-state index contributed by atoms with van der Waals surface area (Å²) >= 11 is 0. The monoisotopic (exact) mass is 321 g/mol. The number of aromatic nitrogens is 4. The molecule has 2 aliphatic heterocycles. The summed E-state index contributed by atoms with van der Waals surface area (Å²) in [5.74, 6) is 0.706. The van der Waals surface area contributed by atoms with Gasteiger partial charge in [0.05, 0.1) is 32.5 Å². The minimum Gasteiger partial charge on any atom is -0.378 e. The van der Waals surface area contributed by atoms with E-state index in [4.69, 9.17) is 9.47 Å². The molecule has 2 aliphatic rings. The molecule has 0 amide bonds. The van der Waals surface area contributed by atoms with Crippen molar-refractivity contribution >= 4 is 17.1 Å². The summed E-state index contributed by atoms with van der Waals surface area (Å²) in [5.41, 5.74) is 0.172. The molecule has 23 heavy (non-hydrogen) atoms. The Hall–Kier alpha value is -2.13. The highest BCUT2D eigenvalue weighted by atomic mass is 16.6. The van der Waals surface area contributed by atoms with Crippen LogP contribution >= 0.6 is 0 Å². The SMILES string of the molecule is Cn1c(=O)c2c(nc(N3CCOCC3)n2C[C@@H]2CO2)n(C)c1=O. The minimum atomic E-state index is -0.372. The number of ether oxygens (including phenoxy) is 2. The number of morpholine rings is 1. The largest absolute Gasteiger partial charge is 0.378 e. The zero-order chi connectivity index (χ0) is 16.1. The number of epoxide rings is 1. The van der Waals surface area contributed by atoms with E-state index >= 15 is 0 Å². The van der Waals surface area contributed by atoms with Crippen molar-refractivity contribution in [3.8, 4) is 0 Å². The quantitative estimate of drug-likeness (QED) is 0.651. The van der Waals surface area contributed by atoms with Crippen LogP contribution in [0.15, 0.2) is 9.59 Å². The maximum Gasteiger partial charge on any atom is 0.332 e. The average molecular weight is 321 g/mol. The Morgan fingerprint density at radius 1 is 1.17 bits per heavy atom. The summed E-state index contributed by atoms with van der Waals surface area (Å²) in [4.78, 5) is 31.5. The van der Waals surface area contributed by atoms with Gasteiger partial charge in [0.25, 0.3) is 5.56 Å². The van der Waals surface area contributed by atoms with Gasteiger partial charge in [0.2, 0.25) is 5.95 Å². The summed E-state index contributed by atoms with van der Waals surface area (Å²) in [7, 11) is 3.13. The molecular weight excluding hydrogens is 302 g/mol. The van der Waals surface area contributed by atoms with Crippen LogP contribution in [0, 0.1) is 0 Å². The number of fused-ring (bicyclic) bond motifs is 1. The number of nitrogens with zero attached hydrogens (tertiary/aromatic N) is 5. The minimum absolute atomic E-state index is 0.106. The predicted molar refractivity (Wildman–Crippen MR) is 83.0 cm³/mol. The normalized spacial score (nSPS) is 21.1. The summed E-state index contributed by atoms with van der Waals surface area (Å²) in [6.07, 6.45) is 0.106. The second-order valence-corrected chi connectivity index (χ2v) is 5.96. The number of hydrogen-bond donors (Lipinski definition) is 0. The van der Waals surface area contributed by atoms with E-state index in [1.54, 1.807) is 7.05 Å². The third-order valence-electron chi connectivity index (χ3n) is 4.41. The third kappa shape index (κ3) is 2.27. The van der Waals surface area contributed by atoms with Crippen LogP contribution in [0.25, 0.3) is 11.2 Å². The molecule has 0 saturated carbocycles. The van der Waals surface area contributed by atoms with Gasteiger partial charge in [-0.3, -0.25) is 13.9 Å². The van der Waals surface area contributed by atoms with Crippen molar-refractivity contribution in [2.45, 2.75) is 12.6 Å². The third-order valence-corrected chi connectivity index (χ3v) is 4.41. The maximum atomic E-state index is 12.6. The Bertz CT molecular complexity index is 870. The van der Waals surface area contributed by atoms with Gasteiger partial charge in [-0.1, -0.05) is 0 Å². The van der Waals surface area contributed by atoms with E-state index < -0.39 is 0 Å². The van der Waals surface area contributed by atoms with E-state index in [9.17, 15) is 9.59 Å². The van der Waals surface area contributed by atoms with Crippen molar-refractivity contribution in [1.82, 2.24) is 18.7 Å². The van der Waals surface area contributed by atoms with Gasteiger partial charge in [0.15, 0.2) is 11.2 Å². The highest BCUT2D eigenvalue weighted by molar-refractivity contribution is 5.74. The van der Waals surface area contributed by atoms with Gasteiger partial charge >= 0.3 is 5.69 Å². The first-order valence-corrected chi connectivity index (χ1v) is 7.68. The van der Waals surface area contributed by atoms with Crippen LogP contribution in [0.5, 0.6) is 0 Å². The number of anilines is 1. The molecule has 9 nitrogen and oxygen atoms in total. The molecule has 0 aromatic carbocycles. The average Bonchev–Trinajstić information content (AvgIpc) is 3.31. The van der Waals surface area contributed by atoms with Crippen LogP contribution in [0.4, 0.5) is 5.95 Å². The van der Waals surface area contributed by atoms with Crippen molar-refractivity contribution in [2.24, 2.45) is 14.1 Å². The van der Waals surface area contributed by atoms with Crippen molar-refractivity contribution in [1.29, 1.82) is 0 Å². The second-order valence-electron chi connectivity index (χ2n) is 5.96. The fourth-order valence-electron chi connectivity index (χ4n) is 2.99. The van der Waals surface area contributed by atoms with Crippen LogP contribution < -0.4 is 16.1 Å². The summed E-state index contributed by atoms with van der Waals surface area (Å²) in [6, 6.07) is 0. The molecule has 0 aliphatic carbocycles. The Morgan fingerprint density at radius 2 is 1.87 bits per heavy atom. The highest BCUT2D eigenvalue weighted by Gasteiger charge is 2.29. The van der Waals surface area contributed by atoms with Gasteiger partial charge in [-0.15, -0.1) is 0 Å². The van der Waals surface area contributed by atoms with Gasteiger partial charge in [0.1, 0.15) is 0 Å². The van der Waals surface area contributed by atoms with Crippen LogP contribution in [-0.4, -0.2) is 57.7 Å². The molecule has 0 radical (unpaired) electrons. The number of imidazole rings is 1. The van der Waals surface area contributed by atoms with E-state index in [1.165, 1.54) is 11.6 Å². The molecule has 2 fully saturated rings. The van der Waals surface area contributed by atoms with E-state index in [2.05, 4.69) is 9.88 Å². The summed E-state index contributed by atoms with van der Waals surface area (Å²) in [6.45, 7) is 3.93. The van der Waals surface area contributed by atoms with E-state index in [1.807, 2.05) is 4.57 Å². The molecule has 2 aromatic heterocycles. The molecule has 0 spiro atoms. The lowest BCUT2D eigenvalue weighted by molar-refractivity contribution is 0.121. The lowest BCUT2D eigenvalue weighted by Gasteiger charge is -2.28. The van der Waals surface area contributed by atoms with Crippen molar-refractivity contribution in [2.75, 3.05) is 37.8 Å². The zero-order valence-electron chi connectivity index (χ0n) is 13.2. The topological polar surface area (TPSA) is 86.8 Å². The first kappa shape index (κ1) is 14.5.